The fraction of sp³-hybridized carbons (Fsp3) is 0.320. The number of halogens is 1. The van der Waals surface area contributed by atoms with Crippen LogP contribution in [0.15, 0.2) is 54.6 Å². The van der Waals surface area contributed by atoms with Crippen molar-refractivity contribution in [2.45, 2.75) is 38.5 Å². The molecular weight excluding hydrogens is 379 g/mol. The van der Waals surface area contributed by atoms with Crippen molar-refractivity contribution in [3.63, 3.8) is 0 Å². The molecule has 5 heteroatoms. The molecule has 3 aromatic rings. The minimum atomic E-state index is -0.789. The summed E-state index contributed by atoms with van der Waals surface area (Å²) in [5.41, 5.74) is 5.67. The molecule has 30 heavy (non-hydrogen) atoms. The number of carbonyl (C=O) groups is 1. The third kappa shape index (κ3) is 4.46. The first-order valence-electron chi connectivity index (χ1n) is 10.3. The molecule has 156 valence electrons. The fourth-order valence-corrected chi connectivity index (χ4v) is 4.36. The van der Waals surface area contributed by atoms with Crippen molar-refractivity contribution in [1.82, 2.24) is 9.88 Å². The Morgan fingerprint density at radius 2 is 2.00 bits per heavy atom. The lowest BCUT2D eigenvalue weighted by Crippen LogP contribution is -2.31. The smallest absolute Gasteiger partial charge is 0.330 e. The normalized spacial score (nSPS) is 19.7. The number of nitrogens with zero attached hydrogens (tertiary/aromatic N) is 1. The van der Waals surface area contributed by atoms with Gasteiger partial charge in [0, 0.05) is 41.8 Å². The van der Waals surface area contributed by atoms with E-state index in [0.29, 0.717) is 19.5 Å². The first-order valence-corrected chi connectivity index (χ1v) is 10.3. The molecule has 1 unspecified atom stereocenters. The SMILES string of the molecule is COC(=O)/C=C/c1ccc(CN2CC(F)C[C@@H]2Cc2c(C)[nH]c3ccccc23)cc1. The summed E-state index contributed by atoms with van der Waals surface area (Å²) in [6.45, 7) is 3.28. The lowest BCUT2D eigenvalue weighted by atomic mass is 10.0. The summed E-state index contributed by atoms with van der Waals surface area (Å²) in [6.07, 6.45) is 3.76. The number of fused-ring (bicyclic) bond motifs is 1. The Kier molecular flexibility index (Phi) is 6.00. The second-order valence-electron chi connectivity index (χ2n) is 7.99. The van der Waals surface area contributed by atoms with Crippen LogP contribution in [0.1, 0.15) is 28.8 Å². The van der Waals surface area contributed by atoms with E-state index in [4.69, 9.17) is 0 Å². The number of aryl methyl sites for hydroxylation is 1. The predicted molar refractivity (Wildman–Crippen MR) is 118 cm³/mol. The average Bonchev–Trinajstić information content (AvgIpc) is 3.26. The number of hydrogen-bond acceptors (Lipinski definition) is 3. The van der Waals surface area contributed by atoms with Gasteiger partial charge in [0.25, 0.3) is 0 Å². The monoisotopic (exact) mass is 406 g/mol. The number of hydrogen-bond donors (Lipinski definition) is 1. The highest BCUT2D eigenvalue weighted by atomic mass is 19.1. The summed E-state index contributed by atoms with van der Waals surface area (Å²) in [5, 5.41) is 1.24. The topological polar surface area (TPSA) is 45.3 Å². The van der Waals surface area contributed by atoms with Gasteiger partial charge in [-0.3, -0.25) is 4.90 Å². The number of ether oxygens (including phenoxy) is 1. The van der Waals surface area contributed by atoms with E-state index in [9.17, 15) is 9.18 Å². The summed E-state index contributed by atoms with van der Waals surface area (Å²) < 4.78 is 19.0. The Morgan fingerprint density at radius 1 is 1.23 bits per heavy atom. The second-order valence-corrected chi connectivity index (χ2v) is 7.99. The van der Waals surface area contributed by atoms with Crippen molar-refractivity contribution in [3.05, 3.63) is 77.0 Å². The van der Waals surface area contributed by atoms with Crippen LogP contribution < -0.4 is 0 Å². The van der Waals surface area contributed by atoms with Crippen LogP contribution in [-0.4, -0.2) is 41.7 Å². The number of carbonyl (C=O) groups excluding carboxylic acids is 1. The zero-order valence-corrected chi connectivity index (χ0v) is 17.4. The number of methoxy groups -OCH3 is 1. The van der Waals surface area contributed by atoms with Crippen LogP contribution in [0.4, 0.5) is 4.39 Å². The molecule has 4 nitrogen and oxygen atoms in total. The van der Waals surface area contributed by atoms with Crippen molar-refractivity contribution in [3.8, 4) is 0 Å². The van der Waals surface area contributed by atoms with Crippen LogP contribution in [0.3, 0.4) is 0 Å². The number of aromatic nitrogens is 1. The van der Waals surface area contributed by atoms with Crippen molar-refractivity contribution >= 4 is 22.9 Å². The molecule has 1 fully saturated rings. The van der Waals surface area contributed by atoms with Crippen LogP contribution in [0.5, 0.6) is 0 Å². The highest BCUT2D eigenvalue weighted by molar-refractivity contribution is 5.87. The van der Waals surface area contributed by atoms with Gasteiger partial charge in [-0.25, -0.2) is 9.18 Å². The third-order valence-corrected chi connectivity index (χ3v) is 5.92. The number of aromatic amines is 1. The van der Waals surface area contributed by atoms with Crippen LogP contribution >= 0.6 is 0 Å². The van der Waals surface area contributed by atoms with E-state index >= 15 is 0 Å². The summed E-state index contributed by atoms with van der Waals surface area (Å²) in [7, 11) is 1.36. The van der Waals surface area contributed by atoms with Gasteiger partial charge in [0.15, 0.2) is 0 Å². The molecule has 1 aromatic heterocycles. The maximum Gasteiger partial charge on any atom is 0.330 e. The van der Waals surface area contributed by atoms with E-state index in [0.717, 1.165) is 23.1 Å². The molecule has 1 N–H and O–H groups in total. The molecule has 2 aromatic carbocycles. The van der Waals surface area contributed by atoms with E-state index in [1.54, 1.807) is 6.08 Å². The Hall–Kier alpha value is -2.92. The van der Waals surface area contributed by atoms with Crippen molar-refractivity contribution in [2.24, 2.45) is 0 Å². The van der Waals surface area contributed by atoms with Gasteiger partial charge in [-0.1, -0.05) is 42.5 Å². The number of esters is 1. The summed E-state index contributed by atoms with van der Waals surface area (Å²) >= 11 is 0. The Bertz CT molecular complexity index is 1050. The minimum absolute atomic E-state index is 0.178. The van der Waals surface area contributed by atoms with Crippen LogP contribution in [0, 0.1) is 6.92 Å². The molecule has 1 saturated heterocycles. The zero-order valence-electron chi connectivity index (χ0n) is 17.4. The summed E-state index contributed by atoms with van der Waals surface area (Å²) in [6, 6.07) is 16.5. The van der Waals surface area contributed by atoms with Gasteiger partial charge in [-0.2, -0.15) is 0 Å². The number of rotatable bonds is 6. The molecule has 2 heterocycles. The van der Waals surface area contributed by atoms with E-state index in [2.05, 4.69) is 39.7 Å². The fourth-order valence-electron chi connectivity index (χ4n) is 4.36. The van der Waals surface area contributed by atoms with Crippen LogP contribution in [0.25, 0.3) is 17.0 Å². The molecule has 0 radical (unpaired) electrons. The first-order chi connectivity index (χ1) is 14.5. The largest absolute Gasteiger partial charge is 0.466 e. The molecule has 1 aliphatic rings. The van der Waals surface area contributed by atoms with Crippen molar-refractivity contribution < 1.29 is 13.9 Å². The minimum Gasteiger partial charge on any atom is -0.466 e. The predicted octanol–water partition coefficient (Wildman–Crippen LogP) is 4.82. The van der Waals surface area contributed by atoms with Crippen LogP contribution in [-0.2, 0) is 22.5 Å². The summed E-state index contributed by atoms with van der Waals surface area (Å²) in [4.78, 5) is 16.9. The second kappa shape index (κ2) is 8.84. The first kappa shape index (κ1) is 20.4. The molecule has 0 amide bonds. The lowest BCUT2D eigenvalue weighted by molar-refractivity contribution is -0.134. The van der Waals surface area contributed by atoms with Gasteiger partial charge in [-0.05, 0) is 48.6 Å². The average molecular weight is 407 g/mol. The quantitative estimate of drug-likeness (QED) is 0.472. The maximum absolute atomic E-state index is 14.3. The molecule has 0 bridgehead atoms. The van der Waals surface area contributed by atoms with Gasteiger partial charge in [0.2, 0.25) is 0 Å². The summed E-state index contributed by atoms with van der Waals surface area (Å²) in [5.74, 6) is -0.374. The van der Waals surface area contributed by atoms with Crippen molar-refractivity contribution in [1.29, 1.82) is 0 Å². The van der Waals surface area contributed by atoms with Gasteiger partial charge in [-0.15, -0.1) is 0 Å². The number of likely N-dealkylation sites (tertiary alicyclic amines) is 1. The Labute approximate surface area is 176 Å². The highest BCUT2D eigenvalue weighted by Gasteiger charge is 2.32. The Morgan fingerprint density at radius 3 is 2.77 bits per heavy atom. The van der Waals surface area contributed by atoms with Gasteiger partial charge in [0.1, 0.15) is 6.17 Å². The molecular formula is C25H27FN2O2. The van der Waals surface area contributed by atoms with E-state index in [-0.39, 0.29) is 12.0 Å². The molecule has 0 saturated carbocycles. The number of para-hydroxylation sites is 1. The molecule has 4 rings (SSSR count). The van der Waals surface area contributed by atoms with E-state index in [1.165, 1.54) is 29.8 Å². The number of H-pyrrole nitrogens is 1. The van der Waals surface area contributed by atoms with Gasteiger partial charge >= 0.3 is 5.97 Å². The van der Waals surface area contributed by atoms with E-state index < -0.39 is 6.17 Å². The lowest BCUT2D eigenvalue weighted by Gasteiger charge is -2.24. The molecule has 2 atom stereocenters. The Balaban J connectivity index is 1.47. The van der Waals surface area contributed by atoms with Gasteiger partial charge in [0.05, 0.1) is 7.11 Å². The zero-order chi connectivity index (χ0) is 21.1. The maximum atomic E-state index is 14.3. The van der Waals surface area contributed by atoms with E-state index in [1.807, 2.05) is 30.3 Å². The standard InChI is InChI=1S/C25H27FN2O2/c1-17-23(22-5-3-4-6-24(22)27-17)14-21-13-20(26)16-28(21)15-19-9-7-18(8-10-19)11-12-25(29)30-2/h3-12,20-21,27H,13-16H2,1-2H3/b12-11+/t20?,21-/m1/s1. The number of nitrogens with one attached hydrogen (secondary N) is 1. The van der Waals surface area contributed by atoms with Crippen LogP contribution in [0.2, 0.25) is 0 Å². The molecule has 1 aliphatic heterocycles. The number of alkyl halides is 1. The molecule has 0 spiro atoms. The molecule has 0 aliphatic carbocycles. The van der Waals surface area contributed by atoms with Crippen molar-refractivity contribution in [2.75, 3.05) is 13.7 Å². The third-order valence-electron chi connectivity index (χ3n) is 5.92. The van der Waals surface area contributed by atoms with Gasteiger partial charge < -0.3 is 9.72 Å². The highest BCUT2D eigenvalue weighted by Crippen LogP contribution is 2.30. The number of benzene rings is 2.